The van der Waals surface area contributed by atoms with Crippen LogP contribution in [-0.2, 0) is 6.42 Å². The van der Waals surface area contributed by atoms with Gasteiger partial charge in [-0.25, -0.2) is 0 Å². The molecule has 0 radical (unpaired) electrons. The predicted octanol–water partition coefficient (Wildman–Crippen LogP) is 4.84. The highest BCUT2D eigenvalue weighted by Crippen LogP contribution is 2.30. The lowest BCUT2D eigenvalue weighted by Gasteiger charge is -2.29. The molecule has 3 heteroatoms. The van der Waals surface area contributed by atoms with E-state index in [2.05, 4.69) is 53.4 Å². The van der Waals surface area contributed by atoms with Crippen LogP contribution in [0.15, 0.2) is 64.4 Å². The summed E-state index contributed by atoms with van der Waals surface area (Å²) in [5.41, 5.74) is 1.26. The molecule has 2 nitrogen and oxygen atoms in total. The van der Waals surface area contributed by atoms with Crippen LogP contribution in [0.5, 0.6) is 0 Å². The lowest BCUT2D eigenvalue weighted by Crippen LogP contribution is -2.36. The third-order valence-electron chi connectivity index (χ3n) is 4.04. The van der Waals surface area contributed by atoms with Gasteiger partial charge in [0.2, 0.25) is 0 Å². The summed E-state index contributed by atoms with van der Waals surface area (Å²) in [6, 6.07) is 18.9. The Morgan fingerprint density at radius 1 is 0.909 bits per heavy atom. The normalized spacial score (nSPS) is 14.8. The molecule has 0 amide bonds. The molecule has 0 saturated carbocycles. The summed E-state index contributed by atoms with van der Waals surface area (Å²) in [5, 5.41) is 8.41. The van der Waals surface area contributed by atoms with Crippen LogP contribution in [0.4, 0.5) is 0 Å². The van der Waals surface area contributed by atoms with Crippen LogP contribution in [0.2, 0.25) is 0 Å². The summed E-state index contributed by atoms with van der Waals surface area (Å²) in [6.45, 7) is 2.10. The van der Waals surface area contributed by atoms with Crippen molar-refractivity contribution >= 4 is 17.6 Å². The largest absolute Gasteiger partial charge is 0.360 e. The molecule has 0 atom stereocenters. The Kier molecular flexibility index (Phi) is 5.17. The minimum absolute atomic E-state index is 0.732. The van der Waals surface area contributed by atoms with Crippen molar-refractivity contribution in [2.45, 2.75) is 35.5 Å². The van der Waals surface area contributed by atoms with Crippen molar-refractivity contribution in [3.8, 4) is 0 Å². The van der Waals surface area contributed by atoms with Crippen molar-refractivity contribution in [2.75, 3.05) is 13.1 Å². The molecule has 1 fully saturated rings. The molecule has 1 aliphatic heterocycles. The van der Waals surface area contributed by atoms with E-state index in [1.54, 1.807) is 11.8 Å². The third-order valence-corrected chi connectivity index (χ3v) is 5.17. The van der Waals surface area contributed by atoms with Gasteiger partial charge >= 0.3 is 0 Å². The maximum Gasteiger partial charge on any atom is 0.100 e. The number of rotatable bonds is 4. The van der Waals surface area contributed by atoms with Gasteiger partial charge in [0.05, 0.1) is 0 Å². The number of benzene rings is 2. The lowest BCUT2D eigenvalue weighted by atomic mass is 10.1. The summed E-state index contributed by atoms with van der Waals surface area (Å²) < 4.78 is 0. The third kappa shape index (κ3) is 3.92. The quantitative estimate of drug-likeness (QED) is 0.646. The van der Waals surface area contributed by atoms with E-state index in [1.807, 2.05) is 6.07 Å². The predicted molar refractivity (Wildman–Crippen MR) is 93.9 cm³/mol. The van der Waals surface area contributed by atoms with Crippen molar-refractivity contribution in [1.29, 1.82) is 5.41 Å². The van der Waals surface area contributed by atoms with Gasteiger partial charge in [-0.3, -0.25) is 5.41 Å². The number of amidine groups is 1. The van der Waals surface area contributed by atoms with Crippen molar-refractivity contribution in [2.24, 2.45) is 0 Å². The van der Waals surface area contributed by atoms with Crippen LogP contribution in [0, 0.1) is 5.41 Å². The van der Waals surface area contributed by atoms with Gasteiger partial charge in [0.25, 0.3) is 0 Å². The van der Waals surface area contributed by atoms with E-state index in [4.69, 9.17) is 5.41 Å². The van der Waals surface area contributed by atoms with Gasteiger partial charge in [-0.15, -0.1) is 0 Å². The van der Waals surface area contributed by atoms with Gasteiger partial charge in [0, 0.05) is 29.3 Å². The first-order valence-electron chi connectivity index (χ1n) is 7.96. The second-order valence-corrected chi connectivity index (χ2v) is 6.81. The van der Waals surface area contributed by atoms with Crippen LogP contribution in [0.1, 0.15) is 24.8 Å². The Morgan fingerprint density at radius 3 is 2.36 bits per heavy atom. The minimum atomic E-state index is 0.732. The van der Waals surface area contributed by atoms with Crippen molar-refractivity contribution in [1.82, 2.24) is 4.90 Å². The molecule has 0 spiro atoms. The molecule has 0 bridgehead atoms. The van der Waals surface area contributed by atoms with E-state index in [-0.39, 0.29) is 0 Å². The first-order valence-corrected chi connectivity index (χ1v) is 8.78. The van der Waals surface area contributed by atoms with Crippen molar-refractivity contribution in [3.63, 3.8) is 0 Å². The van der Waals surface area contributed by atoms with Crippen LogP contribution in [0.3, 0.4) is 0 Å². The molecule has 3 rings (SSSR count). The molecule has 1 saturated heterocycles. The van der Waals surface area contributed by atoms with Crippen LogP contribution < -0.4 is 0 Å². The van der Waals surface area contributed by atoms with Crippen molar-refractivity contribution < 1.29 is 0 Å². The first kappa shape index (κ1) is 15.2. The number of hydrogen-bond donors (Lipinski definition) is 1. The van der Waals surface area contributed by atoms with E-state index in [0.29, 0.717) is 0 Å². The minimum Gasteiger partial charge on any atom is -0.360 e. The molecule has 1 N–H and O–H groups in total. The zero-order chi connectivity index (χ0) is 15.2. The molecule has 0 unspecified atom stereocenters. The number of hydrogen-bond acceptors (Lipinski definition) is 2. The Balaban J connectivity index is 1.72. The second kappa shape index (κ2) is 7.50. The van der Waals surface area contributed by atoms with Crippen LogP contribution >= 0.6 is 11.8 Å². The lowest BCUT2D eigenvalue weighted by molar-refractivity contribution is 0.336. The molecule has 22 heavy (non-hydrogen) atoms. The van der Waals surface area contributed by atoms with Gasteiger partial charge < -0.3 is 4.90 Å². The summed E-state index contributed by atoms with van der Waals surface area (Å²) in [4.78, 5) is 4.75. The Bertz CT molecular complexity index is 618. The Hall–Kier alpha value is -1.74. The monoisotopic (exact) mass is 310 g/mol. The Labute approximate surface area is 137 Å². The van der Waals surface area contributed by atoms with E-state index < -0.39 is 0 Å². The molecular formula is C19H22N2S. The molecule has 1 aliphatic rings. The first-order chi connectivity index (χ1) is 10.8. The van der Waals surface area contributed by atoms with Gasteiger partial charge in [0.1, 0.15) is 5.84 Å². The van der Waals surface area contributed by atoms with Gasteiger partial charge in [-0.2, -0.15) is 0 Å². The standard InChI is InChI=1S/C19H22N2S/c20-19(21-13-7-2-8-14-21)15-16-9-5-6-12-18(16)22-17-10-3-1-4-11-17/h1,3-6,9-12,20H,2,7-8,13-15H2. The van der Waals surface area contributed by atoms with E-state index in [9.17, 15) is 0 Å². The summed E-state index contributed by atoms with van der Waals surface area (Å²) in [5.74, 6) is 0.765. The number of nitrogens with zero attached hydrogens (tertiary/aromatic N) is 1. The van der Waals surface area contributed by atoms with Gasteiger partial charge in [-0.1, -0.05) is 48.2 Å². The zero-order valence-electron chi connectivity index (χ0n) is 12.8. The van der Waals surface area contributed by atoms with Gasteiger partial charge in [-0.05, 0) is 43.0 Å². The molecule has 0 aromatic heterocycles. The van der Waals surface area contributed by atoms with E-state index in [0.717, 1.165) is 25.3 Å². The maximum absolute atomic E-state index is 8.41. The fraction of sp³-hybridized carbons (Fsp3) is 0.316. The fourth-order valence-electron chi connectivity index (χ4n) is 2.82. The summed E-state index contributed by atoms with van der Waals surface area (Å²) in [7, 11) is 0. The highest BCUT2D eigenvalue weighted by molar-refractivity contribution is 7.99. The molecule has 114 valence electrons. The van der Waals surface area contributed by atoms with E-state index >= 15 is 0 Å². The van der Waals surface area contributed by atoms with Gasteiger partial charge in [0.15, 0.2) is 0 Å². The summed E-state index contributed by atoms with van der Waals surface area (Å²) >= 11 is 1.79. The summed E-state index contributed by atoms with van der Waals surface area (Å²) in [6.07, 6.45) is 4.49. The average Bonchev–Trinajstić information content (AvgIpc) is 2.58. The van der Waals surface area contributed by atoms with Crippen molar-refractivity contribution in [3.05, 3.63) is 60.2 Å². The number of nitrogens with one attached hydrogen (secondary N) is 1. The SMILES string of the molecule is N=C(Cc1ccccc1Sc1ccccc1)N1CCCCC1. The number of likely N-dealkylation sites (tertiary alicyclic amines) is 1. The second-order valence-electron chi connectivity index (χ2n) is 5.69. The molecule has 1 heterocycles. The maximum atomic E-state index is 8.41. The molecule has 2 aromatic carbocycles. The zero-order valence-corrected chi connectivity index (χ0v) is 13.6. The van der Waals surface area contributed by atoms with Crippen LogP contribution in [-0.4, -0.2) is 23.8 Å². The average molecular weight is 310 g/mol. The smallest absolute Gasteiger partial charge is 0.100 e. The van der Waals surface area contributed by atoms with Crippen LogP contribution in [0.25, 0.3) is 0 Å². The Morgan fingerprint density at radius 2 is 1.59 bits per heavy atom. The van der Waals surface area contributed by atoms with E-state index in [1.165, 1.54) is 34.6 Å². The number of piperidine rings is 1. The highest BCUT2D eigenvalue weighted by Gasteiger charge is 2.15. The molecule has 2 aromatic rings. The topological polar surface area (TPSA) is 27.1 Å². The molecular weight excluding hydrogens is 288 g/mol. The fourth-order valence-corrected chi connectivity index (χ4v) is 3.79. The molecule has 0 aliphatic carbocycles. The highest BCUT2D eigenvalue weighted by atomic mass is 32.2.